The maximum Gasteiger partial charge on any atom is 0.261 e. The first-order valence-corrected chi connectivity index (χ1v) is 9.45. The van der Waals surface area contributed by atoms with Crippen LogP contribution in [0.5, 0.6) is 0 Å². The predicted molar refractivity (Wildman–Crippen MR) is 108 cm³/mol. The van der Waals surface area contributed by atoms with Crippen molar-refractivity contribution in [1.29, 1.82) is 0 Å². The molecular weight excluding hydrogens is 380 g/mol. The lowest BCUT2D eigenvalue weighted by Gasteiger charge is -2.07. The van der Waals surface area contributed by atoms with Crippen molar-refractivity contribution in [2.45, 2.75) is 16.7 Å². The summed E-state index contributed by atoms with van der Waals surface area (Å²) in [5.41, 5.74) is 2.36. The molecule has 0 aliphatic heterocycles. The Hall–Kier alpha value is -2.83. The largest absolute Gasteiger partial charge is 0.322 e. The summed E-state index contributed by atoms with van der Waals surface area (Å²) in [5, 5.41) is 7.95. The average molecular weight is 395 g/mol. The molecule has 0 bridgehead atoms. The van der Waals surface area contributed by atoms with Gasteiger partial charge in [0.1, 0.15) is 5.56 Å². The maximum atomic E-state index is 12.7. The van der Waals surface area contributed by atoms with Crippen LogP contribution < -0.4 is 5.32 Å². The summed E-state index contributed by atoms with van der Waals surface area (Å²) in [5.74, 6) is -0.229. The van der Waals surface area contributed by atoms with Gasteiger partial charge in [0.25, 0.3) is 5.91 Å². The van der Waals surface area contributed by atoms with Crippen molar-refractivity contribution in [3.8, 4) is 0 Å². The highest BCUT2D eigenvalue weighted by molar-refractivity contribution is 7.99. The third-order valence-corrected chi connectivity index (χ3v) is 5.50. The van der Waals surface area contributed by atoms with E-state index in [9.17, 15) is 4.79 Å². The van der Waals surface area contributed by atoms with Crippen LogP contribution in [0.25, 0.3) is 5.65 Å². The van der Waals surface area contributed by atoms with Gasteiger partial charge < -0.3 is 5.32 Å². The quantitative estimate of drug-likeness (QED) is 0.523. The molecule has 7 heteroatoms. The molecule has 134 valence electrons. The highest BCUT2D eigenvalue weighted by atomic mass is 35.5. The summed E-state index contributed by atoms with van der Waals surface area (Å²) in [6.45, 7) is 1.80. The zero-order chi connectivity index (χ0) is 18.8. The molecule has 4 rings (SSSR count). The van der Waals surface area contributed by atoms with Crippen LogP contribution in [-0.4, -0.2) is 20.5 Å². The van der Waals surface area contributed by atoms with E-state index in [0.29, 0.717) is 22.6 Å². The third kappa shape index (κ3) is 3.67. The van der Waals surface area contributed by atoms with Crippen LogP contribution in [-0.2, 0) is 0 Å². The Bertz CT molecular complexity index is 1120. The number of rotatable bonds is 4. The number of benzene rings is 2. The summed E-state index contributed by atoms with van der Waals surface area (Å²) in [4.78, 5) is 19.0. The van der Waals surface area contributed by atoms with Crippen LogP contribution >= 0.6 is 23.4 Å². The molecule has 0 fully saturated rings. The van der Waals surface area contributed by atoms with Gasteiger partial charge in [0, 0.05) is 27.9 Å². The first kappa shape index (κ1) is 17.6. The van der Waals surface area contributed by atoms with E-state index >= 15 is 0 Å². The summed E-state index contributed by atoms with van der Waals surface area (Å²) in [7, 11) is 0. The molecule has 4 aromatic rings. The molecule has 0 aliphatic rings. The number of halogens is 1. The molecule has 0 atom stereocenters. The number of hydrogen-bond donors (Lipinski definition) is 1. The number of aromatic nitrogens is 3. The van der Waals surface area contributed by atoms with Crippen LogP contribution in [0.2, 0.25) is 5.02 Å². The molecule has 2 aromatic carbocycles. The van der Waals surface area contributed by atoms with E-state index < -0.39 is 0 Å². The molecule has 0 spiro atoms. The Morgan fingerprint density at radius 1 is 1.11 bits per heavy atom. The topological polar surface area (TPSA) is 59.3 Å². The van der Waals surface area contributed by atoms with Gasteiger partial charge in [0.2, 0.25) is 0 Å². The van der Waals surface area contributed by atoms with Crippen molar-refractivity contribution in [3.05, 3.63) is 83.3 Å². The molecule has 1 N–H and O–H groups in total. The highest BCUT2D eigenvalue weighted by Crippen LogP contribution is 2.33. The maximum absolute atomic E-state index is 12.7. The van der Waals surface area contributed by atoms with E-state index in [4.69, 9.17) is 11.6 Å². The predicted octanol–water partition coefficient (Wildman–Crippen LogP) is 5.09. The normalized spacial score (nSPS) is 10.9. The van der Waals surface area contributed by atoms with Gasteiger partial charge in [-0.15, -0.1) is 0 Å². The summed E-state index contributed by atoms with van der Waals surface area (Å²) < 4.78 is 1.60. The fourth-order valence-electron chi connectivity index (χ4n) is 2.72. The van der Waals surface area contributed by atoms with Gasteiger partial charge in [0.05, 0.1) is 10.7 Å². The summed E-state index contributed by atoms with van der Waals surface area (Å²) in [6.07, 6.45) is 3.42. The molecular formula is C20H15ClN4OS. The molecule has 0 radical (unpaired) electrons. The van der Waals surface area contributed by atoms with Gasteiger partial charge in [-0.3, -0.25) is 4.79 Å². The van der Waals surface area contributed by atoms with Crippen molar-refractivity contribution >= 4 is 40.6 Å². The number of fused-ring (bicyclic) bond motifs is 1. The fourth-order valence-corrected chi connectivity index (χ4v) is 3.81. The number of carbonyl (C=O) groups excluding carboxylic acids is 1. The Kier molecular flexibility index (Phi) is 4.83. The van der Waals surface area contributed by atoms with Crippen LogP contribution in [0.15, 0.2) is 76.8 Å². The Morgan fingerprint density at radius 2 is 1.89 bits per heavy atom. The minimum Gasteiger partial charge on any atom is -0.322 e. The number of hydrogen-bond acceptors (Lipinski definition) is 4. The average Bonchev–Trinajstić information content (AvgIpc) is 3.01. The number of aryl methyl sites for hydroxylation is 1. The summed E-state index contributed by atoms with van der Waals surface area (Å²) in [6, 6.07) is 17.1. The lowest BCUT2D eigenvalue weighted by atomic mass is 10.2. The smallest absolute Gasteiger partial charge is 0.261 e. The van der Waals surface area contributed by atoms with E-state index in [1.807, 2.05) is 48.5 Å². The number of carbonyl (C=O) groups is 1. The Labute approximate surface area is 165 Å². The van der Waals surface area contributed by atoms with Crippen molar-refractivity contribution in [3.63, 3.8) is 0 Å². The molecule has 2 heterocycles. The zero-order valence-corrected chi connectivity index (χ0v) is 16.0. The van der Waals surface area contributed by atoms with Gasteiger partial charge >= 0.3 is 0 Å². The van der Waals surface area contributed by atoms with Gasteiger partial charge in [-0.05, 0) is 49.4 Å². The second-order valence-corrected chi connectivity index (χ2v) is 7.38. The number of nitrogens with one attached hydrogen (secondary N) is 1. The van der Waals surface area contributed by atoms with Gasteiger partial charge in [-0.2, -0.15) is 5.10 Å². The summed E-state index contributed by atoms with van der Waals surface area (Å²) >= 11 is 7.78. The molecule has 27 heavy (non-hydrogen) atoms. The fraction of sp³-hybridized carbons (Fsp3) is 0.0500. The number of nitrogens with zero attached hydrogens (tertiary/aromatic N) is 3. The minimum atomic E-state index is -0.229. The second-order valence-electron chi connectivity index (χ2n) is 5.86. The lowest BCUT2D eigenvalue weighted by molar-refractivity contribution is 0.102. The van der Waals surface area contributed by atoms with Crippen molar-refractivity contribution < 1.29 is 4.79 Å². The first-order chi connectivity index (χ1) is 13.1. The van der Waals surface area contributed by atoms with Crippen LogP contribution in [0.3, 0.4) is 0 Å². The molecule has 0 unspecified atom stereocenters. The van der Waals surface area contributed by atoms with Gasteiger partial charge in [-0.1, -0.05) is 35.5 Å². The Balaban J connectivity index is 1.52. The van der Waals surface area contributed by atoms with Crippen LogP contribution in [0.4, 0.5) is 5.69 Å². The first-order valence-electron chi connectivity index (χ1n) is 8.25. The Morgan fingerprint density at radius 3 is 2.67 bits per heavy atom. The van der Waals surface area contributed by atoms with E-state index in [2.05, 4.69) is 15.4 Å². The highest BCUT2D eigenvalue weighted by Gasteiger charge is 2.18. The SMILES string of the molecule is Cc1nn2cccnc2c1C(=O)Nc1ccc(Sc2ccccc2Cl)cc1. The van der Waals surface area contributed by atoms with Crippen LogP contribution in [0.1, 0.15) is 16.1 Å². The molecule has 0 saturated heterocycles. The van der Waals surface area contributed by atoms with E-state index in [-0.39, 0.29) is 5.91 Å². The standard InChI is InChI=1S/C20H15ClN4OS/c1-13-18(19-22-11-4-12-25(19)24-13)20(26)23-14-7-9-15(10-8-14)27-17-6-3-2-5-16(17)21/h2-12H,1H3,(H,23,26). The lowest BCUT2D eigenvalue weighted by Crippen LogP contribution is -2.13. The zero-order valence-electron chi connectivity index (χ0n) is 14.4. The van der Waals surface area contributed by atoms with E-state index in [0.717, 1.165) is 14.8 Å². The minimum absolute atomic E-state index is 0.229. The van der Waals surface area contributed by atoms with Crippen molar-refractivity contribution in [1.82, 2.24) is 14.6 Å². The molecule has 0 aliphatic carbocycles. The third-order valence-electron chi connectivity index (χ3n) is 3.97. The van der Waals surface area contributed by atoms with Gasteiger partial charge in [0.15, 0.2) is 5.65 Å². The van der Waals surface area contributed by atoms with E-state index in [1.165, 1.54) is 0 Å². The molecule has 5 nitrogen and oxygen atoms in total. The molecule has 0 saturated carbocycles. The number of amides is 1. The van der Waals surface area contributed by atoms with Crippen LogP contribution in [0, 0.1) is 6.92 Å². The van der Waals surface area contributed by atoms with Crippen molar-refractivity contribution in [2.75, 3.05) is 5.32 Å². The van der Waals surface area contributed by atoms with E-state index in [1.54, 1.807) is 41.7 Å². The molecule has 2 aromatic heterocycles. The monoisotopic (exact) mass is 394 g/mol. The van der Waals surface area contributed by atoms with Gasteiger partial charge in [-0.25, -0.2) is 9.50 Å². The number of anilines is 1. The van der Waals surface area contributed by atoms with Crippen molar-refractivity contribution in [2.24, 2.45) is 0 Å². The molecule has 1 amide bonds. The second kappa shape index (κ2) is 7.42.